The molecule has 2 rings (SSSR count). The van der Waals surface area contributed by atoms with E-state index >= 15 is 0 Å². The number of likely N-dealkylation sites (N-methyl/N-ethyl adjacent to an activating group) is 1. The number of urea groups is 1. The minimum absolute atomic E-state index is 0.274. The van der Waals surface area contributed by atoms with Crippen molar-refractivity contribution in [3.05, 3.63) is 35.6 Å². The topological polar surface area (TPSA) is 69.7 Å². The zero-order valence-electron chi connectivity index (χ0n) is 15.5. The summed E-state index contributed by atoms with van der Waals surface area (Å²) in [4.78, 5) is 40.5. The Morgan fingerprint density at radius 1 is 1.15 bits per heavy atom. The van der Waals surface area contributed by atoms with Gasteiger partial charge in [-0.1, -0.05) is 31.9 Å². The highest BCUT2D eigenvalue weighted by Gasteiger charge is 2.52. The maximum absolute atomic E-state index is 13.3. The van der Waals surface area contributed by atoms with Crippen LogP contribution in [0.1, 0.15) is 45.6 Å². The molecule has 0 aromatic heterocycles. The Labute approximate surface area is 153 Å². The first-order valence-electron chi connectivity index (χ1n) is 9.07. The third-order valence-corrected chi connectivity index (χ3v) is 4.83. The van der Waals surface area contributed by atoms with Crippen LogP contribution in [0.25, 0.3) is 0 Å². The molecule has 0 bridgehead atoms. The fraction of sp³-hybridized carbons (Fsp3) is 0.526. The SMILES string of the molecule is CCCCC1(c2ccc(F)cc2)NC(=O)N(CC(=O)N(CC)CC)C1=O. The van der Waals surface area contributed by atoms with Gasteiger partial charge in [-0.15, -0.1) is 0 Å². The molecule has 1 saturated heterocycles. The van der Waals surface area contributed by atoms with Gasteiger partial charge in [-0.2, -0.15) is 0 Å². The molecular weight excluding hydrogens is 337 g/mol. The summed E-state index contributed by atoms with van der Waals surface area (Å²) in [6.45, 7) is 6.41. The Kier molecular flexibility index (Phi) is 6.34. The fourth-order valence-corrected chi connectivity index (χ4v) is 3.27. The van der Waals surface area contributed by atoms with Gasteiger partial charge in [0.25, 0.3) is 5.91 Å². The van der Waals surface area contributed by atoms with Gasteiger partial charge in [0.2, 0.25) is 5.91 Å². The molecule has 1 N–H and O–H groups in total. The second-order valence-electron chi connectivity index (χ2n) is 6.40. The number of hydrogen-bond acceptors (Lipinski definition) is 3. The maximum atomic E-state index is 13.3. The maximum Gasteiger partial charge on any atom is 0.325 e. The molecule has 0 radical (unpaired) electrons. The lowest BCUT2D eigenvalue weighted by molar-refractivity contribution is -0.139. The largest absolute Gasteiger partial charge is 0.342 e. The summed E-state index contributed by atoms with van der Waals surface area (Å²) in [5, 5.41) is 2.76. The Morgan fingerprint density at radius 3 is 2.31 bits per heavy atom. The number of halogens is 1. The molecule has 1 unspecified atom stereocenters. The quantitative estimate of drug-likeness (QED) is 0.722. The summed E-state index contributed by atoms with van der Waals surface area (Å²) in [5.41, 5.74) is -0.715. The summed E-state index contributed by atoms with van der Waals surface area (Å²) in [5.74, 6) is -1.14. The molecule has 4 amide bonds. The molecule has 26 heavy (non-hydrogen) atoms. The number of hydrogen-bond donors (Lipinski definition) is 1. The molecule has 0 spiro atoms. The summed E-state index contributed by atoms with van der Waals surface area (Å²) < 4.78 is 13.3. The van der Waals surface area contributed by atoms with Gasteiger partial charge in [-0.05, 0) is 38.0 Å². The first-order valence-corrected chi connectivity index (χ1v) is 9.07. The van der Waals surface area contributed by atoms with Gasteiger partial charge in [0.05, 0.1) is 0 Å². The Hall–Kier alpha value is -2.44. The van der Waals surface area contributed by atoms with Crippen molar-refractivity contribution in [3.8, 4) is 0 Å². The van der Waals surface area contributed by atoms with E-state index in [2.05, 4.69) is 5.32 Å². The second kappa shape index (κ2) is 8.29. The molecule has 1 aliphatic rings. The van der Waals surface area contributed by atoms with Crippen molar-refractivity contribution in [1.82, 2.24) is 15.1 Å². The highest BCUT2D eigenvalue weighted by Crippen LogP contribution is 2.34. The predicted molar refractivity (Wildman–Crippen MR) is 95.8 cm³/mol. The Bertz CT molecular complexity index is 673. The molecule has 1 atom stereocenters. The van der Waals surface area contributed by atoms with E-state index in [1.165, 1.54) is 24.3 Å². The summed E-state index contributed by atoms with van der Waals surface area (Å²) in [6.07, 6.45) is 1.95. The van der Waals surface area contributed by atoms with Gasteiger partial charge in [0, 0.05) is 13.1 Å². The lowest BCUT2D eigenvalue weighted by Crippen LogP contribution is -2.46. The van der Waals surface area contributed by atoms with Gasteiger partial charge in [0.15, 0.2) is 0 Å². The number of nitrogens with zero attached hydrogens (tertiary/aromatic N) is 2. The van der Waals surface area contributed by atoms with Crippen molar-refractivity contribution in [3.63, 3.8) is 0 Å². The van der Waals surface area contributed by atoms with Crippen molar-refractivity contribution in [2.45, 2.75) is 45.6 Å². The number of imide groups is 1. The second-order valence-corrected chi connectivity index (χ2v) is 6.40. The van der Waals surface area contributed by atoms with Crippen molar-refractivity contribution in [1.29, 1.82) is 0 Å². The van der Waals surface area contributed by atoms with E-state index in [0.717, 1.165) is 11.3 Å². The van der Waals surface area contributed by atoms with Crippen molar-refractivity contribution < 1.29 is 18.8 Å². The van der Waals surface area contributed by atoms with E-state index < -0.39 is 23.3 Å². The molecule has 1 heterocycles. The van der Waals surface area contributed by atoms with Gasteiger partial charge in [-0.25, -0.2) is 9.18 Å². The number of amides is 4. The van der Waals surface area contributed by atoms with E-state index in [-0.39, 0.29) is 12.5 Å². The number of unbranched alkanes of at least 4 members (excludes halogenated alkanes) is 1. The van der Waals surface area contributed by atoms with Crippen LogP contribution in [0.5, 0.6) is 0 Å². The van der Waals surface area contributed by atoms with Crippen molar-refractivity contribution >= 4 is 17.8 Å². The molecule has 1 aliphatic heterocycles. The average molecular weight is 363 g/mol. The highest BCUT2D eigenvalue weighted by molar-refractivity contribution is 6.09. The van der Waals surface area contributed by atoms with Crippen molar-refractivity contribution in [2.75, 3.05) is 19.6 Å². The first kappa shape index (κ1) is 19.9. The van der Waals surface area contributed by atoms with E-state index in [4.69, 9.17) is 0 Å². The zero-order valence-corrected chi connectivity index (χ0v) is 15.5. The number of benzene rings is 1. The number of rotatable bonds is 8. The molecule has 1 aromatic rings. The molecule has 0 saturated carbocycles. The molecule has 142 valence electrons. The van der Waals surface area contributed by atoms with Crippen LogP contribution in [0, 0.1) is 5.82 Å². The molecule has 7 heteroatoms. The van der Waals surface area contributed by atoms with Gasteiger partial charge in [0.1, 0.15) is 17.9 Å². The van der Waals surface area contributed by atoms with Crippen molar-refractivity contribution in [2.24, 2.45) is 0 Å². The number of carbonyl (C=O) groups is 3. The van der Waals surface area contributed by atoms with E-state index in [0.29, 0.717) is 31.5 Å². The minimum Gasteiger partial charge on any atom is -0.342 e. The zero-order chi connectivity index (χ0) is 19.3. The lowest BCUT2D eigenvalue weighted by Gasteiger charge is -2.27. The molecule has 1 aromatic carbocycles. The van der Waals surface area contributed by atoms with E-state index in [1.54, 1.807) is 4.90 Å². The van der Waals surface area contributed by atoms with Crippen LogP contribution in [0.2, 0.25) is 0 Å². The molecule has 6 nitrogen and oxygen atoms in total. The van der Waals surface area contributed by atoms with Gasteiger partial charge < -0.3 is 10.2 Å². The van der Waals surface area contributed by atoms with Crippen LogP contribution in [-0.4, -0.2) is 47.3 Å². The van der Waals surface area contributed by atoms with Crippen LogP contribution < -0.4 is 5.32 Å². The predicted octanol–water partition coefficient (Wildman–Crippen LogP) is 2.63. The smallest absolute Gasteiger partial charge is 0.325 e. The number of carbonyl (C=O) groups excluding carboxylic acids is 3. The minimum atomic E-state index is -1.25. The van der Waals surface area contributed by atoms with Crippen LogP contribution >= 0.6 is 0 Å². The third kappa shape index (κ3) is 3.71. The summed E-state index contributed by atoms with van der Waals surface area (Å²) in [6, 6.07) is 4.98. The first-order chi connectivity index (χ1) is 12.4. The molecular formula is C19H26FN3O3. The Morgan fingerprint density at radius 2 is 1.77 bits per heavy atom. The van der Waals surface area contributed by atoms with Crippen LogP contribution in [-0.2, 0) is 15.1 Å². The van der Waals surface area contributed by atoms with Crippen LogP contribution in [0.15, 0.2) is 24.3 Å². The fourth-order valence-electron chi connectivity index (χ4n) is 3.27. The summed E-state index contributed by atoms with van der Waals surface area (Å²) in [7, 11) is 0. The summed E-state index contributed by atoms with van der Waals surface area (Å²) >= 11 is 0. The molecule has 0 aliphatic carbocycles. The lowest BCUT2D eigenvalue weighted by atomic mass is 9.85. The average Bonchev–Trinajstić information content (AvgIpc) is 2.87. The van der Waals surface area contributed by atoms with E-state index in [9.17, 15) is 18.8 Å². The normalized spacial score (nSPS) is 19.6. The standard InChI is InChI=1S/C19H26FN3O3/c1-4-7-12-19(14-8-10-15(20)11-9-14)17(25)23(18(26)21-19)13-16(24)22(5-2)6-3/h8-11H,4-7,12-13H2,1-3H3,(H,21,26). The Balaban J connectivity index is 2.33. The number of nitrogens with one attached hydrogen (secondary N) is 1. The van der Waals surface area contributed by atoms with Gasteiger partial charge >= 0.3 is 6.03 Å². The molecule has 1 fully saturated rings. The van der Waals surface area contributed by atoms with Crippen LogP contribution in [0.3, 0.4) is 0 Å². The highest BCUT2D eigenvalue weighted by atomic mass is 19.1. The van der Waals surface area contributed by atoms with Crippen LogP contribution in [0.4, 0.5) is 9.18 Å². The third-order valence-electron chi connectivity index (χ3n) is 4.83. The van der Waals surface area contributed by atoms with Gasteiger partial charge in [-0.3, -0.25) is 14.5 Å². The monoisotopic (exact) mass is 363 g/mol. The van der Waals surface area contributed by atoms with E-state index in [1.807, 2.05) is 20.8 Å².